The van der Waals surface area contributed by atoms with Gasteiger partial charge in [-0.05, 0) is 18.6 Å². The second kappa shape index (κ2) is 4.64. The number of rotatable bonds is 2. The summed E-state index contributed by atoms with van der Waals surface area (Å²) in [6, 6.07) is 5.18. The van der Waals surface area contributed by atoms with Gasteiger partial charge in [0.15, 0.2) is 5.04 Å². The zero-order chi connectivity index (χ0) is 13.3. The van der Waals surface area contributed by atoms with E-state index in [-0.39, 0.29) is 16.4 Å². The van der Waals surface area contributed by atoms with Crippen molar-refractivity contribution in [2.45, 2.75) is 30.7 Å². The molecule has 0 bridgehead atoms. The fourth-order valence-electron chi connectivity index (χ4n) is 1.73. The first kappa shape index (κ1) is 12.9. The molecular weight excluding hydrogens is 262 g/mol. The van der Waals surface area contributed by atoms with Crippen LogP contribution in [0.25, 0.3) is 0 Å². The summed E-state index contributed by atoms with van der Waals surface area (Å²) in [6.45, 7) is 1.65. The van der Waals surface area contributed by atoms with E-state index in [1.54, 1.807) is 25.1 Å². The summed E-state index contributed by atoms with van der Waals surface area (Å²) in [6.07, 6.45) is -2.92. The van der Waals surface area contributed by atoms with Crippen LogP contribution in [0.15, 0.2) is 34.3 Å². The minimum atomic E-state index is -3.78. The Morgan fingerprint density at radius 1 is 1.39 bits per heavy atom. The first-order valence-corrected chi connectivity index (χ1v) is 6.82. The van der Waals surface area contributed by atoms with Crippen molar-refractivity contribution in [1.82, 2.24) is 5.43 Å². The van der Waals surface area contributed by atoms with Crippen LogP contribution in [0.3, 0.4) is 0 Å². The smallest absolute Gasteiger partial charge is 0.260 e. The molecule has 1 heterocycles. The fourth-order valence-corrected chi connectivity index (χ4v) is 3.31. The highest BCUT2D eigenvalue weighted by atomic mass is 32.2. The third-order valence-corrected chi connectivity index (χ3v) is 4.66. The molecule has 1 aliphatic heterocycles. The van der Waals surface area contributed by atoms with Crippen molar-refractivity contribution < 1.29 is 17.2 Å². The molecule has 7 heteroatoms. The number of hydrogen-bond acceptors (Lipinski definition) is 4. The summed E-state index contributed by atoms with van der Waals surface area (Å²) in [5.74, 6) is 0. The van der Waals surface area contributed by atoms with Gasteiger partial charge in [-0.15, -0.1) is 0 Å². The van der Waals surface area contributed by atoms with E-state index >= 15 is 0 Å². The van der Waals surface area contributed by atoms with Crippen LogP contribution in [-0.4, -0.2) is 25.9 Å². The first-order valence-electron chi connectivity index (χ1n) is 5.34. The highest BCUT2D eigenvalue weighted by Gasteiger charge is 2.34. The molecule has 0 amide bonds. The summed E-state index contributed by atoms with van der Waals surface area (Å²) >= 11 is 0. The first-order chi connectivity index (χ1) is 8.43. The van der Waals surface area contributed by atoms with Gasteiger partial charge in [-0.1, -0.05) is 18.2 Å². The normalized spacial score (nSPS) is 19.8. The maximum absolute atomic E-state index is 12.5. The highest BCUT2D eigenvalue weighted by molar-refractivity contribution is 8.06. The molecule has 0 saturated heterocycles. The number of sulfone groups is 1. The molecule has 0 aromatic heterocycles. The summed E-state index contributed by atoms with van der Waals surface area (Å²) < 4.78 is 49.3. The Kier molecular flexibility index (Phi) is 3.34. The summed E-state index contributed by atoms with van der Waals surface area (Å²) in [4.78, 5) is 0.112. The predicted octanol–water partition coefficient (Wildman–Crippen LogP) is 1.71. The molecule has 1 atom stereocenters. The van der Waals surface area contributed by atoms with Gasteiger partial charge in [0.25, 0.3) is 6.43 Å². The van der Waals surface area contributed by atoms with E-state index in [1.807, 2.05) is 0 Å². The van der Waals surface area contributed by atoms with E-state index in [1.165, 1.54) is 6.07 Å². The SMILES string of the molecule is Cc1ccccc1S(=O)(=O)C1=NNC(C(F)F)C1. The molecule has 0 aliphatic carbocycles. The zero-order valence-electron chi connectivity index (χ0n) is 9.60. The molecule has 0 fully saturated rings. The standard InChI is InChI=1S/C11H12F2N2O2S/c1-7-4-2-3-5-9(7)18(16,17)10-6-8(11(12)13)14-15-10/h2-5,8,11,14H,6H2,1H3. The van der Waals surface area contributed by atoms with Gasteiger partial charge >= 0.3 is 0 Å². The average Bonchev–Trinajstić information content (AvgIpc) is 2.79. The van der Waals surface area contributed by atoms with E-state index in [0.717, 1.165) is 0 Å². The molecule has 1 aromatic carbocycles. The van der Waals surface area contributed by atoms with E-state index in [2.05, 4.69) is 10.5 Å². The van der Waals surface area contributed by atoms with Gasteiger partial charge in [0.1, 0.15) is 6.04 Å². The molecule has 1 N–H and O–H groups in total. The number of hydrazone groups is 1. The van der Waals surface area contributed by atoms with Crippen molar-refractivity contribution in [3.05, 3.63) is 29.8 Å². The number of alkyl halides is 2. The Hall–Kier alpha value is -1.50. The lowest BCUT2D eigenvalue weighted by molar-refractivity contribution is 0.106. The third-order valence-electron chi connectivity index (χ3n) is 2.75. The molecule has 18 heavy (non-hydrogen) atoms. The molecule has 0 radical (unpaired) electrons. The van der Waals surface area contributed by atoms with Gasteiger partial charge in [-0.2, -0.15) is 5.10 Å². The highest BCUT2D eigenvalue weighted by Crippen LogP contribution is 2.22. The van der Waals surface area contributed by atoms with Crippen LogP contribution in [0.5, 0.6) is 0 Å². The van der Waals surface area contributed by atoms with Crippen molar-refractivity contribution in [2.24, 2.45) is 5.10 Å². The number of halogens is 2. The fraction of sp³-hybridized carbons (Fsp3) is 0.364. The number of aryl methyl sites for hydroxylation is 1. The Morgan fingerprint density at radius 2 is 2.06 bits per heavy atom. The lowest BCUT2D eigenvalue weighted by Gasteiger charge is -2.08. The van der Waals surface area contributed by atoms with Gasteiger partial charge in [0, 0.05) is 6.42 Å². The van der Waals surface area contributed by atoms with Gasteiger partial charge in [0.05, 0.1) is 4.90 Å². The maximum atomic E-state index is 12.5. The number of nitrogens with zero attached hydrogens (tertiary/aromatic N) is 1. The van der Waals surface area contributed by atoms with Crippen molar-refractivity contribution in [3.63, 3.8) is 0 Å². The number of nitrogens with one attached hydrogen (secondary N) is 1. The van der Waals surface area contributed by atoms with E-state index in [0.29, 0.717) is 5.56 Å². The van der Waals surface area contributed by atoms with E-state index < -0.39 is 22.3 Å². The average molecular weight is 274 g/mol. The maximum Gasteiger partial charge on any atom is 0.260 e. The van der Waals surface area contributed by atoms with Gasteiger partial charge in [-0.25, -0.2) is 17.2 Å². The molecule has 1 aromatic rings. The van der Waals surface area contributed by atoms with Crippen molar-refractivity contribution >= 4 is 14.9 Å². The lowest BCUT2D eigenvalue weighted by Crippen LogP contribution is -2.28. The van der Waals surface area contributed by atoms with Crippen LogP contribution in [-0.2, 0) is 9.84 Å². The van der Waals surface area contributed by atoms with Crippen LogP contribution >= 0.6 is 0 Å². The van der Waals surface area contributed by atoms with Crippen LogP contribution < -0.4 is 5.43 Å². The van der Waals surface area contributed by atoms with Gasteiger partial charge in [-0.3, -0.25) is 5.43 Å². The number of hydrogen-bond donors (Lipinski definition) is 1. The monoisotopic (exact) mass is 274 g/mol. The molecular formula is C11H12F2N2O2S. The number of benzene rings is 1. The second-order valence-corrected chi connectivity index (χ2v) is 5.97. The molecule has 0 spiro atoms. The molecule has 0 saturated carbocycles. The van der Waals surface area contributed by atoms with Crippen LogP contribution in [0.1, 0.15) is 12.0 Å². The largest absolute Gasteiger partial charge is 0.300 e. The second-order valence-electron chi connectivity index (χ2n) is 4.05. The summed E-state index contributed by atoms with van der Waals surface area (Å²) in [7, 11) is -3.78. The Morgan fingerprint density at radius 3 is 2.61 bits per heavy atom. The van der Waals surface area contributed by atoms with Gasteiger partial charge < -0.3 is 0 Å². The van der Waals surface area contributed by atoms with E-state index in [9.17, 15) is 17.2 Å². The minimum absolute atomic E-state index is 0.112. The Bertz CT molecular complexity index is 584. The molecule has 2 rings (SSSR count). The Balaban J connectivity index is 2.32. The predicted molar refractivity (Wildman–Crippen MR) is 63.3 cm³/mol. The van der Waals surface area contributed by atoms with Crippen LogP contribution in [0.2, 0.25) is 0 Å². The van der Waals surface area contributed by atoms with Crippen LogP contribution in [0.4, 0.5) is 8.78 Å². The quantitative estimate of drug-likeness (QED) is 0.893. The molecule has 4 nitrogen and oxygen atoms in total. The molecule has 98 valence electrons. The van der Waals surface area contributed by atoms with Gasteiger partial charge in [0.2, 0.25) is 9.84 Å². The third kappa shape index (κ3) is 2.22. The molecule has 1 unspecified atom stereocenters. The van der Waals surface area contributed by atoms with E-state index in [4.69, 9.17) is 0 Å². The lowest BCUT2D eigenvalue weighted by atomic mass is 10.2. The van der Waals surface area contributed by atoms with Crippen LogP contribution in [0, 0.1) is 6.92 Å². The van der Waals surface area contributed by atoms with Crippen molar-refractivity contribution in [2.75, 3.05) is 0 Å². The minimum Gasteiger partial charge on any atom is -0.300 e. The topological polar surface area (TPSA) is 58.5 Å². The van der Waals surface area contributed by atoms with Crippen molar-refractivity contribution in [3.8, 4) is 0 Å². The summed E-state index contributed by atoms with van der Waals surface area (Å²) in [5, 5.41) is 3.29. The zero-order valence-corrected chi connectivity index (χ0v) is 10.4. The van der Waals surface area contributed by atoms with Crippen molar-refractivity contribution in [1.29, 1.82) is 0 Å². The molecule has 1 aliphatic rings. The summed E-state index contributed by atoms with van der Waals surface area (Å²) in [5.41, 5.74) is 2.73. The Labute approximate surface area is 104 Å².